The second kappa shape index (κ2) is 4.51. The average molecular weight is 216 g/mol. The fourth-order valence-electron chi connectivity index (χ4n) is 1.10. The van der Waals surface area contributed by atoms with Crippen molar-refractivity contribution < 1.29 is 14.7 Å². The van der Waals surface area contributed by atoms with Gasteiger partial charge in [0.1, 0.15) is 0 Å². The molecule has 5 nitrogen and oxygen atoms in total. The van der Waals surface area contributed by atoms with E-state index in [-0.39, 0.29) is 18.0 Å². The summed E-state index contributed by atoms with van der Waals surface area (Å²) in [5.74, 6) is -0.934. The minimum atomic E-state index is -0.934. The van der Waals surface area contributed by atoms with Crippen molar-refractivity contribution in [1.29, 1.82) is 0 Å². The Bertz CT molecular complexity index is 254. The molecule has 0 heterocycles. The molecule has 0 aromatic rings. The first kappa shape index (κ1) is 13.7. The summed E-state index contributed by atoms with van der Waals surface area (Å²) < 4.78 is 0. The first-order valence-corrected chi connectivity index (χ1v) is 4.84. The lowest BCUT2D eigenvalue weighted by molar-refractivity contribution is -0.138. The Kier molecular flexibility index (Phi) is 4.13. The van der Waals surface area contributed by atoms with E-state index in [4.69, 9.17) is 5.11 Å². The number of carbonyl (C=O) groups is 2. The van der Waals surface area contributed by atoms with E-state index in [2.05, 4.69) is 10.6 Å². The fraction of sp³-hybridized carbons (Fsp3) is 0.800. The summed E-state index contributed by atoms with van der Waals surface area (Å²) in [6, 6.07) is -0.353. The van der Waals surface area contributed by atoms with Gasteiger partial charge < -0.3 is 15.7 Å². The number of nitrogens with one attached hydrogen (secondary N) is 2. The van der Waals surface area contributed by atoms with Crippen LogP contribution in [0.4, 0.5) is 4.79 Å². The van der Waals surface area contributed by atoms with Gasteiger partial charge >= 0.3 is 12.0 Å². The summed E-state index contributed by atoms with van der Waals surface area (Å²) >= 11 is 0. The van der Waals surface area contributed by atoms with Gasteiger partial charge in [-0.25, -0.2) is 4.79 Å². The highest BCUT2D eigenvalue weighted by atomic mass is 16.4. The molecule has 3 N–H and O–H groups in total. The van der Waals surface area contributed by atoms with Gasteiger partial charge in [-0.3, -0.25) is 4.79 Å². The molecule has 0 atom stereocenters. The average Bonchev–Trinajstić information content (AvgIpc) is 1.73. The maximum Gasteiger partial charge on any atom is 0.315 e. The molecule has 88 valence electrons. The first-order valence-electron chi connectivity index (χ1n) is 4.84. The van der Waals surface area contributed by atoms with Crippen molar-refractivity contribution >= 4 is 12.0 Å². The number of aliphatic carboxylic acids is 1. The van der Waals surface area contributed by atoms with Crippen LogP contribution >= 0.6 is 0 Å². The van der Waals surface area contributed by atoms with Crippen LogP contribution in [-0.2, 0) is 4.79 Å². The van der Waals surface area contributed by atoms with E-state index in [1.165, 1.54) is 0 Å². The van der Waals surface area contributed by atoms with E-state index in [1.807, 2.05) is 20.8 Å². The molecule has 0 unspecified atom stereocenters. The first-order chi connectivity index (χ1) is 6.52. The summed E-state index contributed by atoms with van der Waals surface area (Å²) in [6.45, 7) is 8.91. The number of carbonyl (C=O) groups excluding carboxylic acids is 1. The third kappa shape index (κ3) is 7.78. The second-order valence-electron chi connectivity index (χ2n) is 5.28. The number of rotatable bonds is 3. The van der Waals surface area contributed by atoms with E-state index >= 15 is 0 Å². The van der Waals surface area contributed by atoms with E-state index in [0.29, 0.717) is 0 Å². The van der Waals surface area contributed by atoms with Crippen molar-refractivity contribution in [3.63, 3.8) is 0 Å². The number of carboxylic acids is 1. The molecule has 2 amide bonds. The minimum absolute atomic E-state index is 0.107. The van der Waals surface area contributed by atoms with E-state index in [1.54, 1.807) is 13.8 Å². The van der Waals surface area contributed by atoms with Crippen molar-refractivity contribution in [2.45, 2.75) is 52.1 Å². The molecule has 0 saturated heterocycles. The molecule has 0 aliphatic carbocycles. The normalized spacial score (nSPS) is 12.1. The van der Waals surface area contributed by atoms with Gasteiger partial charge in [0, 0.05) is 11.1 Å². The van der Waals surface area contributed by atoms with Gasteiger partial charge in [-0.2, -0.15) is 0 Å². The highest BCUT2D eigenvalue weighted by molar-refractivity contribution is 5.77. The number of amides is 2. The predicted molar refractivity (Wildman–Crippen MR) is 57.8 cm³/mol. The van der Waals surface area contributed by atoms with Crippen molar-refractivity contribution in [3.05, 3.63) is 0 Å². The Morgan fingerprint density at radius 3 is 1.87 bits per heavy atom. The van der Waals surface area contributed by atoms with Crippen molar-refractivity contribution in [2.75, 3.05) is 0 Å². The maximum absolute atomic E-state index is 11.4. The molecule has 0 aliphatic rings. The van der Waals surface area contributed by atoms with E-state index in [9.17, 15) is 9.59 Å². The van der Waals surface area contributed by atoms with Crippen LogP contribution in [0.25, 0.3) is 0 Å². The van der Waals surface area contributed by atoms with Gasteiger partial charge in [0.05, 0.1) is 6.42 Å². The van der Waals surface area contributed by atoms with Gasteiger partial charge in [0.25, 0.3) is 0 Å². The van der Waals surface area contributed by atoms with Crippen LogP contribution < -0.4 is 10.6 Å². The van der Waals surface area contributed by atoms with Gasteiger partial charge in [-0.15, -0.1) is 0 Å². The molecule has 5 heteroatoms. The van der Waals surface area contributed by atoms with Gasteiger partial charge in [0.15, 0.2) is 0 Å². The maximum atomic E-state index is 11.4. The standard InChI is InChI=1S/C10H20N2O3/c1-9(2,3)11-8(15)12-10(4,5)6-7(13)14/h6H2,1-5H3,(H,13,14)(H2,11,12,15). The third-order valence-corrected chi connectivity index (χ3v) is 1.53. The summed E-state index contributed by atoms with van der Waals surface area (Å²) in [7, 11) is 0. The van der Waals surface area contributed by atoms with Gasteiger partial charge in [-0.1, -0.05) is 0 Å². The SMILES string of the molecule is CC(C)(C)NC(=O)NC(C)(C)CC(=O)O. The monoisotopic (exact) mass is 216 g/mol. The Morgan fingerprint density at radius 1 is 1.07 bits per heavy atom. The predicted octanol–water partition coefficient (Wildman–Crippen LogP) is 1.34. The molecular formula is C10H20N2O3. The zero-order valence-electron chi connectivity index (χ0n) is 9.97. The number of urea groups is 1. The topological polar surface area (TPSA) is 78.4 Å². The molecule has 0 rings (SSSR count). The summed E-state index contributed by atoms with van der Waals surface area (Å²) in [6.07, 6.45) is -0.107. The molecule has 0 fully saturated rings. The molecule has 0 saturated carbocycles. The van der Waals surface area contributed by atoms with Crippen LogP contribution in [-0.4, -0.2) is 28.2 Å². The molecule has 0 aromatic carbocycles. The van der Waals surface area contributed by atoms with Crippen LogP contribution in [0.3, 0.4) is 0 Å². The smallest absolute Gasteiger partial charge is 0.315 e. The second-order valence-corrected chi connectivity index (χ2v) is 5.28. The molecule has 0 aromatic heterocycles. The lowest BCUT2D eigenvalue weighted by Crippen LogP contribution is -2.53. The molecular weight excluding hydrogens is 196 g/mol. The van der Waals surface area contributed by atoms with Crippen molar-refractivity contribution in [3.8, 4) is 0 Å². The van der Waals surface area contributed by atoms with E-state index in [0.717, 1.165) is 0 Å². The lowest BCUT2D eigenvalue weighted by Gasteiger charge is -2.28. The zero-order chi connectivity index (χ0) is 12.3. The van der Waals surface area contributed by atoms with Crippen LogP contribution in [0.5, 0.6) is 0 Å². The molecule has 15 heavy (non-hydrogen) atoms. The van der Waals surface area contributed by atoms with Crippen LogP contribution in [0.2, 0.25) is 0 Å². The Labute approximate surface area is 90.2 Å². The van der Waals surface area contributed by atoms with Gasteiger partial charge in [-0.05, 0) is 34.6 Å². The minimum Gasteiger partial charge on any atom is -0.481 e. The summed E-state index contributed by atoms with van der Waals surface area (Å²) in [5.41, 5.74) is -1.08. The summed E-state index contributed by atoms with van der Waals surface area (Å²) in [4.78, 5) is 22.0. The molecule has 0 radical (unpaired) electrons. The third-order valence-electron chi connectivity index (χ3n) is 1.53. The van der Waals surface area contributed by atoms with Gasteiger partial charge in [0.2, 0.25) is 0 Å². The Hall–Kier alpha value is -1.26. The largest absolute Gasteiger partial charge is 0.481 e. The van der Waals surface area contributed by atoms with Crippen LogP contribution in [0.15, 0.2) is 0 Å². The lowest BCUT2D eigenvalue weighted by atomic mass is 10.0. The van der Waals surface area contributed by atoms with Crippen molar-refractivity contribution in [1.82, 2.24) is 10.6 Å². The highest BCUT2D eigenvalue weighted by Gasteiger charge is 2.25. The fourth-order valence-corrected chi connectivity index (χ4v) is 1.10. The number of hydrogen-bond donors (Lipinski definition) is 3. The zero-order valence-corrected chi connectivity index (χ0v) is 9.97. The van der Waals surface area contributed by atoms with E-state index < -0.39 is 11.5 Å². The number of carboxylic acid groups (broad SMARTS) is 1. The Morgan fingerprint density at radius 2 is 1.53 bits per heavy atom. The molecule has 0 bridgehead atoms. The Balaban J connectivity index is 4.22. The molecule has 0 aliphatic heterocycles. The molecule has 0 spiro atoms. The van der Waals surface area contributed by atoms with Crippen LogP contribution in [0, 0.1) is 0 Å². The number of hydrogen-bond acceptors (Lipinski definition) is 2. The summed E-state index contributed by atoms with van der Waals surface area (Å²) in [5, 5.41) is 13.9. The van der Waals surface area contributed by atoms with Crippen molar-refractivity contribution in [2.24, 2.45) is 0 Å². The highest BCUT2D eigenvalue weighted by Crippen LogP contribution is 2.08. The quantitative estimate of drug-likeness (QED) is 0.666. The van der Waals surface area contributed by atoms with Crippen LogP contribution in [0.1, 0.15) is 41.0 Å².